The van der Waals surface area contributed by atoms with Gasteiger partial charge in [-0.3, -0.25) is 9.59 Å². The van der Waals surface area contributed by atoms with E-state index in [1.54, 1.807) is 12.1 Å². The second kappa shape index (κ2) is 7.12. The molecular formula is C17H18N2O7. The quantitative estimate of drug-likeness (QED) is 0.770. The second-order valence-electron chi connectivity index (χ2n) is 6.20. The Hall–Kier alpha value is -2.94. The Bertz CT molecular complexity index is 720. The summed E-state index contributed by atoms with van der Waals surface area (Å²) in [4.78, 5) is 53.2. The van der Waals surface area contributed by atoms with Crippen LogP contribution in [0.3, 0.4) is 0 Å². The molecule has 2 aliphatic heterocycles. The van der Waals surface area contributed by atoms with Crippen molar-refractivity contribution in [2.24, 2.45) is 0 Å². The van der Waals surface area contributed by atoms with Crippen molar-refractivity contribution in [3.8, 4) is 0 Å². The average Bonchev–Trinajstić information content (AvgIpc) is 3.19. The van der Waals surface area contributed by atoms with Crippen molar-refractivity contribution in [2.45, 2.75) is 31.5 Å². The lowest BCUT2D eigenvalue weighted by atomic mass is 10.0. The van der Waals surface area contributed by atoms with Gasteiger partial charge in [-0.25, -0.2) is 9.59 Å². The first kappa shape index (κ1) is 17.9. The first-order valence-electron chi connectivity index (χ1n) is 8.15. The molecule has 1 N–H and O–H groups in total. The molecular weight excluding hydrogens is 344 g/mol. The van der Waals surface area contributed by atoms with Crippen LogP contribution in [0.25, 0.3) is 0 Å². The van der Waals surface area contributed by atoms with Crippen LogP contribution in [-0.2, 0) is 30.6 Å². The molecule has 2 fully saturated rings. The lowest BCUT2D eigenvalue weighted by molar-refractivity contribution is -0.209. The van der Waals surface area contributed by atoms with E-state index in [0.717, 1.165) is 5.56 Å². The number of nitrogens with zero attached hydrogens (tertiary/aromatic N) is 2. The summed E-state index contributed by atoms with van der Waals surface area (Å²) >= 11 is 0. The van der Waals surface area contributed by atoms with Gasteiger partial charge in [0, 0.05) is 25.8 Å². The number of imide groups is 1. The zero-order valence-electron chi connectivity index (χ0n) is 13.9. The Morgan fingerprint density at radius 3 is 2.42 bits per heavy atom. The van der Waals surface area contributed by atoms with E-state index in [4.69, 9.17) is 9.57 Å². The van der Waals surface area contributed by atoms with Gasteiger partial charge in [0.2, 0.25) is 0 Å². The van der Waals surface area contributed by atoms with Crippen molar-refractivity contribution in [1.82, 2.24) is 9.96 Å². The highest BCUT2D eigenvalue weighted by molar-refractivity contribution is 6.02. The number of amides is 3. The summed E-state index contributed by atoms with van der Waals surface area (Å²) in [6.07, 6.45) is -0.834. The van der Waals surface area contributed by atoms with E-state index >= 15 is 0 Å². The summed E-state index contributed by atoms with van der Waals surface area (Å²) in [6, 6.07) is 9.07. The number of benzene rings is 1. The molecule has 2 heterocycles. The van der Waals surface area contributed by atoms with Gasteiger partial charge in [-0.05, 0) is 5.56 Å². The maximum atomic E-state index is 12.2. The van der Waals surface area contributed by atoms with Gasteiger partial charge in [0.15, 0.2) is 5.60 Å². The Labute approximate surface area is 149 Å². The number of likely N-dealkylation sites (tertiary alicyclic amines) is 1. The number of hydrogen-bond acceptors (Lipinski definition) is 7. The van der Waals surface area contributed by atoms with Gasteiger partial charge in [0.05, 0.1) is 6.54 Å². The number of rotatable bonds is 4. The third-order valence-electron chi connectivity index (χ3n) is 4.27. The number of β-amino-alcohol motifs (C(OH)–C–C–N with tert-alkyl or cyclic N) is 1. The molecule has 0 radical (unpaired) electrons. The molecule has 2 saturated heterocycles. The van der Waals surface area contributed by atoms with Crippen LogP contribution in [0.2, 0.25) is 0 Å². The zero-order chi connectivity index (χ0) is 18.7. The van der Waals surface area contributed by atoms with Crippen LogP contribution in [0.5, 0.6) is 0 Å². The fourth-order valence-electron chi connectivity index (χ4n) is 2.75. The number of carbonyl (C=O) groups excluding carboxylic acids is 4. The van der Waals surface area contributed by atoms with Gasteiger partial charge in [0.1, 0.15) is 6.61 Å². The molecule has 0 aliphatic carbocycles. The molecule has 0 spiro atoms. The van der Waals surface area contributed by atoms with E-state index in [1.165, 1.54) is 4.90 Å². The number of aliphatic hydroxyl groups is 1. The third-order valence-corrected chi connectivity index (χ3v) is 4.27. The van der Waals surface area contributed by atoms with Crippen molar-refractivity contribution in [1.29, 1.82) is 0 Å². The minimum absolute atomic E-state index is 0.0392. The predicted molar refractivity (Wildman–Crippen MR) is 84.9 cm³/mol. The third kappa shape index (κ3) is 3.67. The molecule has 2 aliphatic rings. The smallest absolute Gasteiger partial charge is 0.410 e. The normalized spacial score (nSPS) is 22.7. The van der Waals surface area contributed by atoms with Crippen molar-refractivity contribution >= 4 is 23.9 Å². The minimum Gasteiger partial charge on any atom is -0.445 e. The molecule has 0 saturated carbocycles. The monoisotopic (exact) mass is 362 g/mol. The number of hydroxylamine groups is 2. The van der Waals surface area contributed by atoms with E-state index in [0.29, 0.717) is 5.06 Å². The summed E-state index contributed by atoms with van der Waals surface area (Å²) in [5.41, 5.74) is -1.18. The van der Waals surface area contributed by atoms with Crippen LogP contribution in [0.1, 0.15) is 24.8 Å². The van der Waals surface area contributed by atoms with Crippen molar-refractivity contribution in [2.75, 3.05) is 13.1 Å². The maximum absolute atomic E-state index is 12.2. The molecule has 1 aromatic rings. The lowest BCUT2D eigenvalue weighted by Crippen LogP contribution is -2.47. The second-order valence-corrected chi connectivity index (χ2v) is 6.20. The van der Waals surface area contributed by atoms with Gasteiger partial charge in [0.25, 0.3) is 11.8 Å². The van der Waals surface area contributed by atoms with E-state index < -0.39 is 29.5 Å². The molecule has 1 aromatic carbocycles. The maximum Gasteiger partial charge on any atom is 0.410 e. The van der Waals surface area contributed by atoms with Gasteiger partial charge in [-0.15, -0.1) is 5.06 Å². The Kier molecular flexibility index (Phi) is 4.90. The zero-order valence-corrected chi connectivity index (χ0v) is 13.9. The van der Waals surface area contributed by atoms with E-state index in [-0.39, 0.29) is 39.0 Å². The van der Waals surface area contributed by atoms with Gasteiger partial charge < -0.3 is 19.6 Å². The molecule has 138 valence electrons. The molecule has 9 nitrogen and oxygen atoms in total. The molecule has 3 rings (SSSR count). The summed E-state index contributed by atoms with van der Waals surface area (Å²) in [7, 11) is 0. The number of ether oxygens (including phenoxy) is 1. The molecule has 1 atom stereocenters. The average molecular weight is 362 g/mol. The molecule has 1 unspecified atom stereocenters. The van der Waals surface area contributed by atoms with Crippen LogP contribution in [0, 0.1) is 0 Å². The van der Waals surface area contributed by atoms with Crippen molar-refractivity contribution in [3.05, 3.63) is 35.9 Å². The van der Waals surface area contributed by atoms with E-state index in [9.17, 15) is 24.3 Å². The SMILES string of the molecule is O=C(OCc1ccccc1)N1CCC(O)(C(=O)ON2C(=O)CCC2=O)C1. The van der Waals surface area contributed by atoms with Crippen LogP contribution in [0.4, 0.5) is 4.79 Å². The first-order valence-corrected chi connectivity index (χ1v) is 8.15. The summed E-state index contributed by atoms with van der Waals surface area (Å²) < 4.78 is 5.16. The van der Waals surface area contributed by atoms with Crippen LogP contribution < -0.4 is 0 Å². The summed E-state index contributed by atoms with van der Waals surface area (Å²) in [5, 5.41) is 10.8. The van der Waals surface area contributed by atoms with Gasteiger partial charge in [-0.2, -0.15) is 0 Å². The predicted octanol–water partition coefficient (Wildman–Crippen LogP) is 0.367. The standard InChI is InChI=1S/C17H18N2O7/c20-13-6-7-14(21)19(13)26-15(22)17(24)8-9-18(11-17)16(23)25-10-12-4-2-1-3-5-12/h1-5,24H,6-11H2. The van der Waals surface area contributed by atoms with Crippen molar-refractivity contribution < 1.29 is 33.9 Å². The van der Waals surface area contributed by atoms with Crippen LogP contribution in [0.15, 0.2) is 30.3 Å². The summed E-state index contributed by atoms with van der Waals surface area (Å²) in [6.45, 7) is -0.188. The highest BCUT2D eigenvalue weighted by Gasteiger charge is 2.48. The van der Waals surface area contributed by atoms with Gasteiger partial charge >= 0.3 is 12.1 Å². The van der Waals surface area contributed by atoms with Crippen LogP contribution in [-0.4, -0.2) is 57.6 Å². The minimum atomic E-state index is -1.99. The highest BCUT2D eigenvalue weighted by Crippen LogP contribution is 2.25. The molecule has 3 amide bonds. The largest absolute Gasteiger partial charge is 0.445 e. The number of carbonyl (C=O) groups is 4. The fourth-order valence-corrected chi connectivity index (χ4v) is 2.75. The fraction of sp³-hybridized carbons (Fsp3) is 0.412. The molecule has 0 aromatic heterocycles. The molecule has 0 bridgehead atoms. The topological polar surface area (TPSA) is 113 Å². The lowest BCUT2D eigenvalue weighted by Gasteiger charge is -2.23. The Morgan fingerprint density at radius 2 is 1.77 bits per heavy atom. The molecule has 9 heteroatoms. The molecule has 26 heavy (non-hydrogen) atoms. The van der Waals surface area contributed by atoms with Crippen molar-refractivity contribution in [3.63, 3.8) is 0 Å². The Morgan fingerprint density at radius 1 is 1.12 bits per heavy atom. The van der Waals surface area contributed by atoms with Crippen LogP contribution >= 0.6 is 0 Å². The highest BCUT2D eigenvalue weighted by atomic mass is 16.7. The van der Waals surface area contributed by atoms with Gasteiger partial charge in [-0.1, -0.05) is 30.3 Å². The van der Waals surface area contributed by atoms with E-state index in [1.807, 2.05) is 18.2 Å². The van der Waals surface area contributed by atoms with E-state index in [2.05, 4.69) is 0 Å². The Balaban J connectivity index is 1.54. The first-order chi connectivity index (χ1) is 12.4. The number of hydrogen-bond donors (Lipinski definition) is 1. The summed E-state index contributed by atoms with van der Waals surface area (Å²) in [5.74, 6) is -2.41.